The maximum absolute atomic E-state index is 13.9. The summed E-state index contributed by atoms with van der Waals surface area (Å²) in [7, 11) is 0. The molecule has 3 rings (SSSR count). The molecule has 0 aliphatic carbocycles. The number of amides is 1. The zero-order valence-corrected chi connectivity index (χ0v) is 14.1. The van der Waals surface area contributed by atoms with Crippen molar-refractivity contribution in [3.05, 3.63) is 47.5 Å². The molecule has 1 fully saturated rings. The van der Waals surface area contributed by atoms with Gasteiger partial charge in [0, 0.05) is 18.7 Å². The molecule has 1 amide bonds. The number of carbonyl (C=O) groups excluding carboxylic acids is 1. The molecule has 24 heavy (non-hydrogen) atoms. The van der Waals surface area contributed by atoms with Gasteiger partial charge in [0.1, 0.15) is 5.82 Å². The molecule has 1 aliphatic rings. The summed E-state index contributed by atoms with van der Waals surface area (Å²) in [5, 5.41) is 10.1. The number of thioether (sulfide) groups is 1. The van der Waals surface area contributed by atoms with Crippen LogP contribution in [0.2, 0.25) is 0 Å². The molecule has 0 spiro atoms. The maximum atomic E-state index is 13.9. The first-order valence-electron chi connectivity index (χ1n) is 7.98. The van der Waals surface area contributed by atoms with Crippen molar-refractivity contribution in [2.45, 2.75) is 31.1 Å². The normalized spacial score (nSPS) is 14.3. The lowest BCUT2D eigenvalue weighted by Gasteiger charge is -2.15. The fourth-order valence-corrected chi connectivity index (χ4v) is 3.68. The Labute approximate surface area is 144 Å². The summed E-state index contributed by atoms with van der Waals surface area (Å²) in [6, 6.07) is 6.54. The molecule has 1 N–H and O–H groups in total. The number of imidazole rings is 1. The van der Waals surface area contributed by atoms with Gasteiger partial charge in [-0.25, -0.2) is 9.37 Å². The van der Waals surface area contributed by atoms with Crippen LogP contribution in [0.15, 0.2) is 35.6 Å². The van der Waals surface area contributed by atoms with Gasteiger partial charge in [0.2, 0.25) is 5.91 Å². The van der Waals surface area contributed by atoms with E-state index in [1.165, 1.54) is 17.8 Å². The number of carbonyl (C=O) groups is 1. The smallest absolute Gasteiger partial charge is 0.233 e. The number of nitrogens with zero attached hydrogens (tertiary/aromatic N) is 3. The fraction of sp³-hybridized carbons (Fsp3) is 0.412. The second-order valence-electron chi connectivity index (χ2n) is 5.74. The number of halogens is 1. The van der Waals surface area contributed by atoms with Gasteiger partial charge in [-0.1, -0.05) is 30.0 Å². The van der Waals surface area contributed by atoms with Crippen LogP contribution in [0.3, 0.4) is 0 Å². The van der Waals surface area contributed by atoms with Gasteiger partial charge >= 0.3 is 0 Å². The lowest BCUT2D eigenvalue weighted by molar-refractivity contribution is -0.127. The zero-order chi connectivity index (χ0) is 16.9. The summed E-state index contributed by atoms with van der Waals surface area (Å²) in [5.74, 6) is 0.113. The van der Waals surface area contributed by atoms with Gasteiger partial charge in [0.15, 0.2) is 5.16 Å². The van der Waals surface area contributed by atoms with Gasteiger partial charge in [-0.05, 0) is 18.9 Å². The van der Waals surface area contributed by atoms with Crippen molar-refractivity contribution in [3.8, 4) is 0 Å². The minimum atomic E-state index is -0.292. The van der Waals surface area contributed by atoms with Crippen LogP contribution in [0.25, 0.3) is 0 Å². The van der Waals surface area contributed by atoms with E-state index in [1.807, 2.05) is 4.90 Å². The first-order valence-corrected chi connectivity index (χ1v) is 8.97. The Balaban J connectivity index is 1.72. The second kappa shape index (κ2) is 7.81. The minimum Gasteiger partial charge on any atom is -0.390 e. The van der Waals surface area contributed by atoms with Gasteiger partial charge in [0.25, 0.3) is 0 Å². The monoisotopic (exact) mass is 349 g/mol. The fourth-order valence-electron chi connectivity index (χ4n) is 2.78. The Kier molecular flexibility index (Phi) is 5.52. The van der Waals surface area contributed by atoms with Crippen LogP contribution in [-0.2, 0) is 17.9 Å². The largest absolute Gasteiger partial charge is 0.390 e. The number of hydrogen-bond acceptors (Lipinski definition) is 4. The van der Waals surface area contributed by atoms with Gasteiger partial charge in [0.05, 0.1) is 30.8 Å². The van der Waals surface area contributed by atoms with E-state index in [1.54, 1.807) is 29.0 Å². The highest BCUT2D eigenvalue weighted by Crippen LogP contribution is 2.22. The summed E-state index contributed by atoms with van der Waals surface area (Å²) in [6.45, 7) is 1.75. The molecule has 2 aromatic rings. The van der Waals surface area contributed by atoms with Crippen molar-refractivity contribution in [2.24, 2.45) is 0 Å². The van der Waals surface area contributed by atoms with Crippen molar-refractivity contribution >= 4 is 17.7 Å². The highest BCUT2D eigenvalue weighted by Gasteiger charge is 2.19. The zero-order valence-electron chi connectivity index (χ0n) is 13.3. The molecule has 1 aliphatic heterocycles. The molecule has 2 heterocycles. The average Bonchev–Trinajstić information content (AvgIpc) is 3.24. The van der Waals surface area contributed by atoms with Crippen LogP contribution in [-0.4, -0.2) is 44.3 Å². The Hall–Kier alpha value is -1.86. The topological polar surface area (TPSA) is 58.4 Å². The van der Waals surface area contributed by atoms with Crippen LogP contribution in [0.4, 0.5) is 4.39 Å². The molecule has 7 heteroatoms. The molecule has 0 radical (unpaired) electrons. The molecule has 5 nitrogen and oxygen atoms in total. The van der Waals surface area contributed by atoms with Crippen molar-refractivity contribution < 1.29 is 14.3 Å². The number of benzene rings is 1. The van der Waals surface area contributed by atoms with E-state index in [0.29, 0.717) is 22.2 Å². The molecule has 0 bridgehead atoms. The van der Waals surface area contributed by atoms with Crippen molar-refractivity contribution in [1.29, 1.82) is 0 Å². The number of likely N-dealkylation sites (tertiary alicyclic amines) is 1. The molecule has 1 saturated heterocycles. The van der Waals surface area contributed by atoms with Crippen LogP contribution in [0.5, 0.6) is 0 Å². The third-order valence-electron chi connectivity index (χ3n) is 4.13. The third-order valence-corrected chi connectivity index (χ3v) is 5.11. The molecule has 0 saturated carbocycles. The number of aliphatic hydroxyl groups is 1. The molecule has 1 aromatic heterocycles. The average molecular weight is 349 g/mol. The van der Waals surface area contributed by atoms with E-state index in [4.69, 9.17) is 0 Å². The van der Waals surface area contributed by atoms with E-state index in [0.717, 1.165) is 25.9 Å². The SMILES string of the molecule is O=C(CSc1ncc(CO)n1Cc1ccccc1F)N1CCCC1. The van der Waals surface area contributed by atoms with E-state index in [-0.39, 0.29) is 24.9 Å². The number of aromatic nitrogens is 2. The van der Waals surface area contributed by atoms with Crippen molar-refractivity contribution in [3.63, 3.8) is 0 Å². The van der Waals surface area contributed by atoms with Gasteiger partial charge in [-0.15, -0.1) is 0 Å². The van der Waals surface area contributed by atoms with Crippen molar-refractivity contribution in [1.82, 2.24) is 14.5 Å². The standard InChI is InChI=1S/C17H20FN3O2S/c18-15-6-2-1-5-13(15)10-21-14(11-22)9-19-17(21)24-12-16(23)20-7-3-4-8-20/h1-2,5-6,9,22H,3-4,7-8,10-12H2. The summed E-state index contributed by atoms with van der Waals surface area (Å²) in [6.07, 6.45) is 3.70. The lowest BCUT2D eigenvalue weighted by atomic mass is 10.2. The van der Waals surface area contributed by atoms with Crippen LogP contribution in [0, 0.1) is 5.82 Å². The Bertz CT molecular complexity index is 714. The summed E-state index contributed by atoms with van der Waals surface area (Å²) in [4.78, 5) is 18.3. The van der Waals surface area contributed by atoms with Crippen LogP contribution in [0.1, 0.15) is 24.1 Å². The Morgan fingerprint density at radius 1 is 1.29 bits per heavy atom. The van der Waals surface area contributed by atoms with Crippen molar-refractivity contribution in [2.75, 3.05) is 18.8 Å². The van der Waals surface area contributed by atoms with E-state index < -0.39 is 0 Å². The predicted molar refractivity (Wildman–Crippen MR) is 90.2 cm³/mol. The molecular weight excluding hydrogens is 329 g/mol. The summed E-state index contributed by atoms with van der Waals surface area (Å²) < 4.78 is 15.7. The van der Waals surface area contributed by atoms with Gasteiger partial charge in [-0.2, -0.15) is 0 Å². The Morgan fingerprint density at radius 2 is 2.04 bits per heavy atom. The van der Waals surface area contributed by atoms with E-state index in [9.17, 15) is 14.3 Å². The predicted octanol–water partition coefficient (Wildman–Crippen LogP) is 2.28. The Morgan fingerprint density at radius 3 is 2.75 bits per heavy atom. The number of hydrogen-bond donors (Lipinski definition) is 1. The van der Waals surface area contributed by atoms with Crippen LogP contribution < -0.4 is 0 Å². The number of rotatable bonds is 6. The van der Waals surface area contributed by atoms with Crippen LogP contribution >= 0.6 is 11.8 Å². The first-order chi connectivity index (χ1) is 11.7. The highest BCUT2D eigenvalue weighted by atomic mass is 32.2. The maximum Gasteiger partial charge on any atom is 0.233 e. The van der Waals surface area contributed by atoms with E-state index in [2.05, 4.69) is 4.98 Å². The van der Waals surface area contributed by atoms with Gasteiger partial charge in [-0.3, -0.25) is 4.79 Å². The number of aliphatic hydroxyl groups excluding tert-OH is 1. The molecule has 0 unspecified atom stereocenters. The third kappa shape index (κ3) is 3.79. The van der Waals surface area contributed by atoms with E-state index >= 15 is 0 Å². The molecule has 0 atom stereocenters. The molecular formula is C17H20FN3O2S. The second-order valence-corrected chi connectivity index (χ2v) is 6.69. The molecule has 1 aromatic carbocycles. The first kappa shape index (κ1) is 17.0. The quantitative estimate of drug-likeness (QED) is 0.813. The van der Waals surface area contributed by atoms with Gasteiger partial charge < -0.3 is 14.6 Å². The summed E-state index contributed by atoms with van der Waals surface area (Å²) in [5.41, 5.74) is 1.13. The molecule has 128 valence electrons. The highest BCUT2D eigenvalue weighted by molar-refractivity contribution is 7.99. The minimum absolute atomic E-state index is 0.100. The lowest BCUT2D eigenvalue weighted by Crippen LogP contribution is -2.29. The summed E-state index contributed by atoms with van der Waals surface area (Å²) >= 11 is 1.33.